The lowest BCUT2D eigenvalue weighted by atomic mass is 10.2. The third-order valence-electron chi connectivity index (χ3n) is 3.05. The molecule has 1 amide bonds. The molecule has 128 valence electrons. The molecular formula is C15H12ClN5O3S. The number of nitrogens with one attached hydrogen (secondary N) is 1. The predicted molar refractivity (Wildman–Crippen MR) is 93.7 cm³/mol. The Morgan fingerprint density at radius 3 is 2.80 bits per heavy atom. The van der Waals surface area contributed by atoms with Gasteiger partial charge in [0.05, 0.1) is 16.4 Å². The van der Waals surface area contributed by atoms with Gasteiger partial charge in [0, 0.05) is 11.1 Å². The lowest BCUT2D eigenvalue weighted by molar-refractivity contribution is -0.383. The molecule has 2 rings (SSSR count). The highest BCUT2D eigenvalue weighted by atomic mass is 35.5. The van der Waals surface area contributed by atoms with Gasteiger partial charge in [0.1, 0.15) is 28.2 Å². The van der Waals surface area contributed by atoms with Crippen LogP contribution in [0.25, 0.3) is 0 Å². The summed E-state index contributed by atoms with van der Waals surface area (Å²) >= 11 is 6.80. The van der Waals surface area contributed by atoms with E-state index in [1.165, 1.54) is 12.1 Å². The van der Waals surface area contributed by atoms with Gasteiger partial charge in [0.2, 0.25) is 5.91 Å². The van der Waals surface area contributed by atoms with E-state index in [-0.39, 0.29) is 22.2 Å². The van der Waals surface area contributed by atoms with Gasteiger partial charge in [-0.15, -0.1) is 0 Å². The summed E-state index contributed by atoms with van der Waals surface area (Å²) in [7, 11) is 0. The standard InChI is InChI=1S/C15H12ClN5O3S/c1-8-11(6-17)15(19-9(2)18-8)25-7-14(22)20-12-4-3-10(16)5-13(12)21(23)24/h3-5H,7H2,1-2H3,(H,20,22). The van der Waals surface area contributed by atoms with Crippen molar-refractivity contribution in [3.8, 4) is 6.07 Å². The zero-order chi connectivity index (χ0) is 18.6. The van der Waals surface area contributed by atoms with Crippen LogP contribution in [0.15, 0.2) is 23.2 Å². The summed E-state index contributed by atoms with van der Waals surface area (Å²) in [6.07, 6.45) is 0. The van der Waals surface area contributed by atoms with Gasteiger partial charge < -0.3 is 5.32 Å². The summed E-state index contributed by atoms with van der Waals surface area (Å²) in [6, 6.07) is 5.99. The van der Waals surface area contributed by atoms with E-state index in [0.717, 1.165) is 17.8 Å². The third kappa shape index (κ3) is 4.65. The summed E-state index contributed by atoms with van der Waals surface area (Å²) in [5.41, 5.74) is 0.597. The Labute approximate surface area is 152 Å². The molecular weight excluding hydrogens is 366 g/mol. The summed E-state index contributed by atoms with van der Waals surface area (Å²) in [5, 5.41) is 23.3. The number of hydrogen-bond acceptors (Lipinski definition) is 7. The number of nitrogens with zero attached hydrogens (tertiary/aromatic N) is 4. The highest BCUT2D eigenvalue weighted by Gasteiger charge is 2.18. The van der Waals surface area contributed by atoms with E-state index < -0.39 is 10.8 Å². The Morgan fingerprint density at radius 2 is 2.16 bits per heavy atom. The van der Waals surface area contributed by atoms with Gasteiger partial charge in [0.15, 0.2) is 0 Å². The second kappa shape index (κ2) is 7.92. The topological polar surface area (TPSA) is 122 Å². The van der Waals surface area contributed by atoms with Crippen molar-refractivity contribution in [1.29, 1.82) is 5.26 Å². The lowest BCUT2D eigenvalue weighted by Gasteiger charge is -2.08. The molecule has 0 spiro atoms. The van der Waals surface area contributed by atoms with E-state index in [0.29, 0.717) is 22.1 Å². The fourth-order valence-corrected chi connectivity index (χ4v) is 3.04. The highest BCUT2D eigenvalue weighted by molar-refractivity contribution is 8.00. The third-order valence-corrected chi connectivity index (χ3v) is 4.26. The average molecular weight is 378 g/mol. The Hall–Kier alpha value is -2.70. The van der Waals surface area contributed by atoms with Crippen molar-refractivity contribution < 1.29 is 9.72 Å². The zero-order valence-electron chi connectivity index (χ0n) is 13.2. The molecule has 0 radical (unpaired) electrons. The number of amides is 1. The summed E-state index contributed by atoms with van der Waals surface area (Å²) in [6.45, 7) is 3.38. The molecule has 0 aliphatic rings. The first-order valence-corrected chi connectivity index (χ1v) is 8.30. The van der Waals surface area contributed by atoms with Crippen LogP contribution in [-0.2, 0) is 4.79 Å². The maximum absolute atomic E-state index is 12.1. The fraction of sp³-hybridized carbons (Fsp3) is 0.200. The number of aromatic nitrogens is 2. The molecule has 0 fully saturated rings. The number of nitro benzene ring substituents is 1. The monoisotopic (exact) mass is 377 g/mol. The Kier molecular flexibility index (Phi) is 5.90. The molecule has 25 heavy (non-hydrogen) atoms. The average Bonchev–Trinajstić information content (AvgIpc) is 2.54. The van der Waals surface area contributed by atoms with E-state index in [4.69, 9.17) is 11.6 Å². The minimum absolute atomic E-state index is 0.0514. The molecule has 1 aromatic heterocycles. The molecule has 0 saturated carbocycles. The van der Waals surface area contributed by atoms with Crippen LogP contribution in [0.3, 0.4) is 0 Å². The molecule has 0 bridgehead atoms. The number of nitriles is 1. The number of benzene rings is 1. The van der Waals surface area contributed by atoms with E-state index in [1.54, 1.807) is 13.8 Å². The first-order chi connectivity index (χ1) is 11.8. The first-order valence-electron chi connectivity index (χ1n) is 6.93. The van der Waals surface area contributed by atoms with E-state index >= 15 is 0 Å². The van der Waals surface area contributed by atoms with Crippen LogP contribution in [0.5, 0.6) is 0 Å². The van der Waals surface area contributed by atoms with Gasteiger partial charge >= 0.3 is 0 Å². The SMILES string of the molecule is Cc1nc(C)c(C#N)c(SCC(=O)Nc2ccc(Cl)cc2[N+](=O)[O-])n1. The second-order valence-electron chi connectivity index (χ2n) is 4.90. The minimum Gasteiger partial charge on any atom is -0.320 e. The largest absolute Gasteiger partial charge is 0.320 e. The number of carbonyl (C=O) groups is 1. The number of aryl methyl sites for hydroxylation is 2. The van der Waals surface area contributed by atoms with Crippen molar-refractivity contribution in [3.05, 3.63) is 50.4 Å². The van der Waals surface area contributed by atoms with E-state index in [1.807, 2.05) is 6.07 Å². The van der Waals surface area contributed by atoms with Crippen molar-refractivity contribution >= 4 is 40.6 Å². The number of carbonyl (C=O) groups excluding carboxylic acids is 1. The van der Waals surface area contributed by atoms with Gasteiger partial charge in [-0.25, -0.2) is 9.97 Å². The summed E-state index contributed by atoms with van der Waals surface area (Å²) in [5.74, 6) is -0.0364. The van der Waals surface area contributed by atoms with Gasteiger partial charge in [-0.1, -0.05) is 23.4 Å². The fourth-order valence-electron chi connectivity index (χ4n) is 2.00. The van der Waals surface area contributed by atoms with Crippen LogP contribution in [-0.4, -0.2) is 26.6 Å². The number of nitro groups is 1. The lowest BCUT2D eigenvalue weighted by Crippen LogP contribution is -2.15. The van der Waals surface area contributed by atoms with E-state index in [9.17, 15) is 20.2 Å². The molecule has 1 N–H and O–H groups in total. The first kappa shape index (κ1) is 18.6. The Balaban J connectivity index is 2.13. The summed E-state index contributed by atoms with van der Waals surface area (Å²) in [4.78, 5) is 30.8. The van der Waals surface area contributed by atoms with Crippen LogP contribution in [0.2, 0.25) is 5.02 Å². The zero-order valence-corrected chi connectivity index (χ0v) is 14.8. The quantitative estimate of drug-likeness (QED) is 0.367. The number of anilines is 1. The molecule has 0 unspecified atom stereocenters. The molecule has 8 nitrogen and oxygen atoms in total. The molecule has 1 aromatic carbocycles. The molecule has 10 heteroatoms. The van der Waals surface area contributed by atoms with Gasteiger partial charge in [0.25, 0.3) is 5.69 Å². The van der Waals surface area contributed by atoms with Crippen LogP contribution in [0, 0.1) is 35.3 Å². The van der Waals surface area contributed by atoms with Crippen LogP contribution in [0.4, 0.5) is 11.4 Å². The minimum atomic E-state index is -0.625. The molecule has 0 atom stereocenters. The van der Waals surface area contributed by atoms with Crippen molar-refractivity contribution in [2.75, 3.05) is 11.1 Å². The number of thioether (sulfide) groups is 1. The van der Waals surface area contributed by atoms with Crippen LogP contribution >= 0.6 is 23.4 Å². The number of halogens is 1. The second-order valence-corrected chi connectivity index (χ2v) is 6.30. The Morgan fingerprint density at radius 1 is 1.44 bits per heavy atom. The van der Waals surface area contributed by atoms with Crippen molar-refractivity contribution in [3.63, 3.8) is 0 Å². The molecule has 1 heterocycles. The predicted octanol–water partition coefficient (Wildman–Crippen LogP) is 3.26. The molecule has 2 aromatic rings. The van der Waals surface area contributed by atoms with E-state index in [2.05, 4.69) is 15.3 Å². The Bertz CT molecular complexity index is 897. The maximum atomic E-state index is 12.1. The smallest absolute Gasteiger partial charge is 0.294 e. The molecule has 0 aliphatic carbocycles. The highest BCUT2D eigenvalue weighted by Crippen LogP contribution is 2.28. The normalized spacial score (nSPS) is 10.2. The van der Waals surface area contributed by atoms with Crippen LogP contribution in [0.1, 0.15) is 17.1 Å². The summed E-state index contributed by atoms with van der Waals surface area (Å²) < 4.78 is 0. The van der Waals surface area contributed by atoms with Gasteiger partial charge in [-0.3, -0.25) is 14.9 Å². The molecule has 0 saturated heterocycles. The number of hydrogen-bond donors (Lipinski definition) is 1. The van der Waals surface area contributed by atoms with Crippen LogP contribution < -0.4 is 5.32 Å². The van der Waals surface area contributed by atoms with Gasteiger partial charge in [-0.2, -0.15) is 5.26 Å². The van der Waals surface area contributed by atoms with Gasteiger partial charge in [-0.05, 0) is 26.0 Å². The molecule has 0 aliphatic heterocycles. The van der Waals surface area contributed by atoms with Crippen molar-refractivity contribution in [2.45, 2.75) is 18.9 Å². The van der Waals surface area contributed by atoms with Crippen molar-refractivity contribution in [2.24, 2.45) is 0 Å². The number of rotatable bonds is 5. The maximum Gasteiger partial charge on any atom is 0.294 e. The van der Waals surface area contributed by atoms with Crippen molar-refractivity contribution in [1.82, 2.24) is 9.97 Å².